The first kappa shape index (κ1) is 24.7. The van der Waals surface area contributed by atoms with Gasteiger partial charge in [0, 0.05) is 68.0 Å². The SMILES string of the molecule is COc1ccc(C(=O)NCC2[C@H]3CN(c4cnc(-c5cc(-c6cnn(C)c6)cn6ncc(C#N)c56)cn4)C[C@@H]23)cn1. The molecule has 0 bridgehead atoms. The molecule has 41 heavy (non-hydrogen) atoms. The van der Waals surface area contributed by atoms with Crippen molar-refractivity contribution < 1.29 is 9.53 Å². The van der Waals surface area contributed by atoms with Crippen molar-refractivity contribution in [2.75, 3.05) is 31.6 Å². The average molecular weight is 547 g/mol. The van der Waals surface area contributed by atoms with Gasteiger partial charge in [-0.05, 0) is 29.9 Å². The van der Waals surface area contributed by atoms with Gasteiger partial charge in [-0.3, -0.25) is 14.5 Å². The zero-order chi connectivity index (χ0) is 28.1. The molecule has 0 radical (unpaired) electrons. The molecule has 12 heteroatoms. The molecule has 2 fully saturated rings. The monoisotopic (exact) mass is 546 g/mol. The van der Waals surface area contributed by atoms with Gasteiger partial charge in [0.25, 0.3) is 5.91 Å². The zero-order valence-corrected chi connectivity index (χ0v) is 22.5. The van der Waals surface area contributed by atoms with Crippen LogP contribution in [0.2, 0.25) is 0 Å². The molecule has 1 saturated carbocycles. The molecular formula is C29H26N10O2. The number of piperidine rings is 1. The molecule has 3 atom stereocenters. The van der Waals surface area contributed by atoms with Gasteiger partial charge in [-0.2, -0.15) is 15.5 Å². The van der Waals surface area contributed by atoms with E-state index in [0.29, 0.717) is 52.5 Å². The number of anilines is 1. The summed E-state index contributed by atoms with van der Waals surface area (Å²) in [5, 5.41) is 21.4. The van der Waals surface area contributed by atoms with Gasteiger partial charge in [-0.25, -0.2) is 14.5 Å². The third-order valence-electron chi connectivity index (χ3n) is 8.09. The Labute approximate surface area is 235 Å². The Hall–Kier alpha value is -5.31. The van der Waals surface area contributed by atoms with Crippen LogP contribution < -0.4 is 15.0 Å². The van der Waals surface area contributed by atoms with Crippen molar-refractivity contribution in [3.8, 4) is 34.3 Å². The summed E-state index contributed by atoms with van der Waals surface area (Å²) in [6, 6.07) is 7.64. The molecule has 1 aliphatic heterocycles. The molecule has 0 spiro atoms. The summed E-state index contributed by atoms with van der Waals surface area (Å²) in [6.07, 6.45) is 12.3. The summed E-state index contributed by atoms with van der Waals surface area (Å²) >= 11 is 0. The van der Waals surface area contributed by atoms with E-state index in [-0.39, 0.29) is 5.91 Å². The van der Waals surface area contributed by atoms with Crippen LogP contribution in [0.1, 0.15) is 15.9 Å². The first-order valence-electron chi connectivity index (χ1n) is 13.3. The number of ether oxygens (including phenoxy) is 1. The first-order chi connectivity index (χ1) is 20.0. The van der Waals surface area contributed by atoms with Gasteiger partial charge < -0.3 is 15.0 Å². The van der Waals surface area contributed by atoms with Crippen molar-refractivity contribution in [1.82, 2.24) is 39.7 Å². The molecule has 1 unspecified atom stereocenters. The highest BCUT2D eigenvalue weighted by atomic mass is 16.5. The fourth-order valence-electron chi connectivity index (χ4n) is 5.84. The second kappa shape index (κ2) is 9.71. The zero-order valence-electron chi connectivity index (χ0n) is 22.5. The van der Waals surface area contributed by atoms with Crippen LogP contribution in [-0.2, 0) is 7.05 Å². The Balaban J connectivity index is 1.04. The lowest BCUT2D eigenvalue weighted by atomic mass is 10.0. The van der Waals surface area contributed by atoms with E-state index in [1.807, 2.05) is 25.5 Å². The number of fused-ring (bicyclic) bond motifs is 2. The lowest BCUT2D eigenvalue weighted by molar-refractivity contribution is 0.0950. The van der Waals surface area contributed by atoms with Crippen molar-refractivity contribution >= 4 is 17.2 Å². The Morgan fingerprint density at radius 3 is 2.56 bits per heavy atom. The Bertz CT molecular complexity index is 1790. The maximum absolute atomic E-state index is 12.5. The third kappa shape index (κ3) is 4.41. The quantitative estimate of drug-likeness (QED) is 0.326. The maximum atomic E-state index is 12.5. The van der Waals surface area contributed by atoms with Gasteiger partial charge in [0.2, 0.25) is 5.88 Å². The number of nitriles is 1. The number of amides is 1. The fraction of sp³-hybridized carbons (Fsp3) is 0.276. The minimum atomic E-state index is -0.122. The number of aromatic nitrogens is 7. The first-order valence-corrected chi connectivity index (χ1v) is 13.3. The number of hydrogen-bond acceptors (Lipinski definition) is 9. The Morgan fingerprint density at radius 2 is 1.90 bits per heavy atom. The molecule has 0 aromatic carbocycles. The minimum Gasteiger partial charge on any atom is -0.481 e. The van der Waals surface area contributed by atoms with Crippen LogP contribution in [-0.4, -0.2) is 67.0 Å². The second-order valence-electron chi connectivity index (χ2n) is 10.5. The number of nitrogens with one attached hydrogen (secondary N) is 1. The van der Waals surface area contributed by atoms with E-state index >= 15 is 0 Å². The van der Waals surface area contributed by atoms with E-state index in [1.54, 1.807) is 53.2 Å². The number of pyridine rings is 2. The number of hydrogen-bond donors (Lipinski definition) is 1. The maximum Gasteiger partial charge on any atom is 0.252 e. The van der Waals surface area contributed by atoms with Crippen LogP contribution in [0.15, 0.2) is 61.6 Å². The Morgan fingerprint density at radius 1 is 1.05 bits per heavy atom. The average Bonchev–Trinajstić information content (AvgIpc) is 3.44. The van der Waals surface area contributed by atoms with Gasteiger partial charge in [0.15, 0.2) is 0 Å². The molecular weight excluding hydrogens is 520 g/mol. The topological polar surface area (TPSA) is 139 Å². The summed E-state index contributed by atoms with van der Waals surface area (Å²) in [6.45, 7) is 2.41. The summed E-state index contributed by atoms with van der Waals surface area (Å²) in [5.41, 5.74) is 5.00. The molecule has 204 valence electrons. The second-order valence-corrected chi connectivity index (χ2v) is 10.5. The minimum absolute atomic E-state index is 0.122. The number of rotatable bonds is 7. The smallest absolute Gasteiger partial charge is 0.252 e. The number of nitrogens with zero attached hydrogens (tertiary/aromatic N) is 9. The highest BCUT2D eigenvalue weighted by Gasteiger charge is 2.55. The largest absolute Gasteiger partial charge is 0.481 e. The summed E-state index contributed by atoms with van der Waals surface area (Å²) < 4.78 is 8.51. The summed E-state index contributed by atoms with van der Waals surface area (Å²) in [7, 11) is 3.42. The molecule has 1 N–H and O–H groups in total. The van der Waals surface area contributed by atoms with Crippen LogP contribution in [0.3, 0.4) is 0 Å². The molecule has 7 rings (SSSR count). The van der Waals surface area contributed by atoms with E-state index in [9.17, 15) is 10.1 Å². The van der Waals surface area contributed by atoms with Gasteiger partial charge in [-0.1, -0.05) is 0 Å². The van der Waals surface area contributed by atoms with Crippen LogP contribution in [0, 0.1) is 29.1 Å². The van der Waals surface area contributed by atoms with Crippen LogP contribution >= 0.6 is 0 Å². The van der Waals surface area contributed by atoms with Crippen molar-refractivity contribution in [2.24, 2.45) is 24.8 Å². The van der Waals surface area contributed by atoms with E-state index in [4.69, 9.17) is 14.7 Å². The van der Waals surface area contributed by atoms with Crippen molar-refractivity contribution in [3.05, 3.63) is 72.7 Å². The molecule has 1 amide bonds. The van der Waals surface area contributed by atoms with E-state index in [0.717, 1.165) is 35.6 Å². The predicted molar refractivity (Wildman–Crippen MR) is 149 cm³/mol. The normalized spacial score (nSPS) is 19.1. The number of carbonyl (C=O) groups is 1. The van der Waals surface area contributed by atoms with Gasteiger partial charge in [-0.15, -0.1) is 0 Å². The lowest BCUT2D eigenvalue weighted by Gasteiger charge is -2.21. The predicted octanol–water partition coefficient (Wildman–Crippen LogP) is 2.58. The van der Waals surface area contributed by atoms with Gasteiger partial charge in [0.05, 0.1) is 54.2 Å². The molecule has 6 heterocycles. The molecule has 1 aliphatic carbocycles. The number of aryl methyl sites for hydroxylation is 1. The van der Waals surface area contributed by atoms with Crippen LogP contribution in [0.25, 0.3) is 27.9 Å². The number of methoxy groups -OCH3 is 1. The molecule has 12 nitrogen and oxygen atoms in total. The van der Waals surface area contributed by atoms with Crippen molar-refractivity contribution in [1.29, 1.82) is 5.26 Å². The van der Waals surface area contributed by atoms with Crippen molar-refractivity contribution in [2.45, 2.75) is 0 Å². The Kier molecular flexibility index (Phi) is 5.85. The third-order valence-corrected chi connectivity index (χ3v) is 8.09. The standard InChI is InChI=1S/C29H26N10O2/c1-37-13-20(9-35-37)18-5-21(28-19(6-30)8-36-39(28)14-18)25-11-32-26(12-31-25)38-15-23-22(24(23)16-38)10-34-29(40)17-3-4-27(41-2)33-7-17/h3-5,7-9,11-14,22-24H,10,15-16H2,1-2H3,(H,34,40)/t22?,23-,24+. The van der Waals surface area contributed by atoms with Crippen LogP contribution in [0.5, 0.6) is 5.88 Å². The lowest BCUT2D eigenvalue weighted by Crippen LogP contribution is -2.31. The van der Waals surface area contributed by atoms with Gasteiger partial charge in [0.1, 0.15) is 11.9 Å². The highest BCUT2D eigenvalue weighted by Crippen LogP contribution is 2.52. The molecule has 1 saturated heterocycles. The van der Waals surface area contributed by atoms with E-state index < -0.39 is 0 Å². The van der Waals surface area contributed by atoms with E-state index in [2.05, 4.69) is 31.5 Å². The molecule has 5 aromatic rings. The molecule has 2 aliphatic rings. The van der Waals surface area contributed by atoms with Crippen molar-refractivity contribution in [3.63, 3.8) is 0 Å². The molecule has 5 aromatic heterocycles. The van der Waals surface area contributed by atoms with Gasteiger partial charge >= 0.3 is 0 Å². The highest BCUT2D eigenvalue weighted by molar-refractivity contribution is 5.94. The summed E-state index contributed by atoms with van der Waals surface area (Å²) in [4.78, 5) is 28.3. The summed E-state index contributed by atoms with van der Waals surface area (Å²) in [5.74, 6) is 2.68. The van der Waals surface area contributed by atoms with E-state index in [1.165, 1.54) is 6.20 Å². The fourth-order valence-corrected chi connectivity index (χ4v) is 5.84. The van der Waals surface area contributed by atoms with Crippen LogP contribution in [0.4, 0.5) is 5.82 Å². The number of carbonyl (C=O) groups excluding carboxylic acids is 1.